The molecule has 19 heavy (non-hydrogen) atoms. The largest absolute Gasteiger partial charge is 0.333 e. The first-order valence-corrected chi connectivity index (χ1v) is 7.22. The lowest BCUT2D eigenvalue weighted by atomic mass is 10.2. The van der Waals surface area contributed by atoms with Crippen molar-refractivity contribution in [1.29, 1.82) is 0 Å². The zero-order valence-electron chi connectivity index (χ0n) is 10.5. The van der Waals surface area contributed by atoms with Crippen molar-refractivity contribution in [1.82, 2.24) is 9.80 Å². The van der Waals surface area contributed by atoms with Gasteiger partial charge in [-0.3, -0.25) is 9.59 Å². The molecule has 0 N–H and O–H groups in total. The van der Waals surface area contributed by atoms with Crippen molar-refractivity contribution in [2.45, 2.75) is 13.5 Å². The molecule has 102 valence electrons. The third kappa shape index (κ3) is 3.09. The van der Waals surface area contributed by atoms with Crippen LogP contribution >= 0.6 is 27.5 Å². The number of carbonyl (C=O) groups is 2. The highest BCUT2D eigenvalue weighted by Gasteiger charge is 2.31. The van der Waals surface area contributed by atoms with Gasteiger partial charge >= 0.3 is 11.8 Å². The molecule has 1 saturated heterocycles. The van der Waals surface area contributed by atoms with Crippen LogP contribution in [0.2, 0.25) is 5.02 Å². The van der Waals surface area contributed by atoms with E-state index >= 15 is 0 Å². The van der Waals surface area contributed by atoms with Crippen LogP contribution in [0.1, 0.15) is 12.5 Å². The number of likely N-dealkylation sites (N-methyl/N-ethyl adjacent to an activating group) is 1. The number of benzene rings is 1. The molecule has 4 nitrogen and oxygen atoms in total. The molecular formula is C13H14BrClN2O2. The first-order valence-electron chi connectivity index (χ1n) is 6.05. The van der Waals surface area contributed by atoms with Crippen LogP contribution in [0.4, 0.5) is 0 Å². The monoisotopic (exact) mass is 344 g/mol. The lowest BCUT2D eigenvalue weighted by molar-refractivity contribution is -0.156. The Bertz CT molecular complexity index is 521. The predicted molar refractivity (Wildman–Crippen MR) is 76.8 cm³/mol. The van der Waals surface area contributed by atoms with Gasteiger partial charge in [0.2, 0.25) is 0 Å². The summed E-state index contributed by atoms with van der Waals surface area (Å²) in [6.45, 7) is 3.93. The molecule has 1 aliphatic heterocycles. The summed E-state index contributed by atoms with van der Waals surface area (Å²) in [5.74, 6) is -0.880. The van der Waals surface area contributed by atoms with E-state index in [1.807, 2.05) is 19.1 Å². The van der Waals surface area contributed by atoms with Gasteiger partial charge < -0.3 is 9.80 Å². The van der Waals surface area contributed by atoms with Gasteiger partial charge in [-0.15, -0.1) is 0 Å². The third-order valence-electron chi connectivity index (χ3n) is 3.16. The maximum atomic E-state index is 12.0. The van der Waals surface area contributed by atoms with Crippen molar-refractivity contribution in [3.63, 3.8) is 0 Å². The van der Waals surface area contributed by atoms with Gasteiger partial charge in [0, 0.05) is 35.7 Å². The van der Waals surface area contributed by atoms with E-state index in [0.717, 1.165) is 10.0 Å². The Labute approximate surface area is 125 Å². The summed E-state index contributed by atoms with van der Waals surface area (Å²) in [7, 11) is 0. The van der Waals surface area contributed by atoms with E-state index in [1.54, 1.807) is 15.9 Å². The number of carbonyl (C=O) groups excluding carboxylic acids is 2. The second kappa shape index (κ2) is 5.92. The van der Waals surface area contributed by atoms with Gasteiger partial charge in [-0.2, -0.15) is 0 Å². The van der Waals surface area contributed by atoms with E-state index in [-0.39, 0.29) is 0 Å². The maximum absolute atomic E-state index is 12.0. The Morgan fingerprint density at radius 2 is 1.84 bits per heavy atom. The summed E-state index contributed by atoms with van der Waals surface area (Å²) >= 11 is 9.46. The van der Waals surface area contributed by atoms with Gasteiger partial charge in [-0.05, 0) is 24.6 Å². The molecule has 0 bridgehead atoms. The van der Waals surface area contributed by atoms with Crippen LogP contribution in [0.15, 0.2) is 22.7 Å². The average Bonchev–Trinajstić information content (AvgIpc) is 2.38. The first-order chi connectivity index (χ1) is 9.02. The molecule has 0 atom stereocenters. The first kappa shape index (κ1) is 14.3. The SMILES string of the molecule is CCN1CCN(Cc2ccc(Br)cc2Cl)C(=O)C1=O. The zero-order valence-corrected chi connectivity index (χ0v) is 12.9. The average molecular weight is 346 g/mol. The molecule has 6 heteroatoms. The molecule has 1 heterocycles. The van der Waals surface area contributed by atoms with Gasteiger partial charge in [0.25, 0.3) is 0 Å². The Balaban J connectivity index is 2.12. The Morgan fingerprint density at radius 1 is 1.21 bits per heavy atom. The topological polar surface area (TPSA) is 40.6 Å². The van der Waals surface area contributed by atoms with Crippen LogP contribution < -0.4 is 0 Å². The highest BCUT2D eigenvalue weighted by molar-refractivity contribution is 9.10. The van der Waals surface area contributed by atoms with Crippen molar-refractivity contribution in [2.75, 3.05) is 19.6 Å². The molecule has 1 fully saturated rings. The van der Waals surface area contributed by atoms with E-state index in [9.17, 15) is 9.59 Å². The quantitative estimate of drug-likeness (QED) is 0.789. The molecule has 0 radical (unpaired) electrons. The minimum atomic E-state index is -0.452. The van der Waals surface area contributed by atoms with Crippen LogP contribution in [0, 0.1) is 0 Å². The van der Waals surface area contributed by atoms with Gasteiger partial charge in [0.05, 0.1) is 0 Å². The molecule has 2 rings (SSSR count). The number of nitrogens with zero attached hydrogens (tertiary/aromatic N) is 2. The normalized spacial score (nSPS) is 16.2. The smallest absolute Gasteiger partial charge is 0.312 e. The third-order valence-corrected chi connectivity index (χ3v) is 4.00. The van der Waals surface area contributed by atoms with Crippen molar-refractivity contribution in [3.8, 4) is 0 Å². The van der Waals surface area contributed by atoms with Gasteiger partial charge in [-0.1, -0.05) is 33.6 Å². The fourth-order valence-corrected chi connectivity index (χ4v) is 2.76. The van der Waals surface area contributed by atoms with Crippen LogP contribution in [0.25, 0.3) is 0 Å². The summed E-state index contributed by atoms with van der Waals surface area (Å²) in [4.78, 5) is 26.9. The van der Waals surface area contributed by atoms with Gasteiger partial charge in [0.15, 0.2) is 0 Å². The Hall–Kier alpha value is -1.07. The molecule has 0 aromatic heterocycles. The highest BCUT2D eigenvalue weighted by atomic mass is 79.9. The molecule has 1 aliphatic rings. The predicted octanol–water partition coefficient (Wildman–Crippen LogP) is 2.29. The van der Waals surface area contributed by atoms with Crippen LogP contribution in [0.3, 0.4) is 0 Å². The highest BCUT2D eigenvalue weighted by Crippen LogP contribution is 2.23. The molecule has 0 spiro atoms. The Kier molecular flexibility index (Phi) is 4.47. The van der Waals surface area contributed by atoms with E-state index in [2.05, 4.69) is 15.9 Å². The molecule has 2 amide bonds. The number of hydrogen-bond donors (Lipinski definition) is 0. The van der Waals surface area contributed by atoms with E-state index in [4.69, 9.17) is 11.6 Å². The number of rotatable bonds is 3. The van der Waals surface area contributed by atoms with Crippen molar-refractivity contribution >= 4 is 39.3 Å². The van der Waals surface area contributed by atoms with Crippen molar-refractivity contribution in [3.05, 3.63) is 33.3 Å². The molecule has 0 aliphatic carbocycles. The van der Waals surface area contributed by atoms with Crippen molar-refractivity contribution < 1.29 is 9.59 Å². The molecule has 1 aromatic carbocycles. The minimum absolute atomic E-state index is 0.369. The maximum Gasteiger partial charge on any atom is 0.312 e. The summed E-state index contributed by atoms with van der Waals surface area (Å²) in [6, 6.07) is 5.51. The standard InChI is InChI=1S/C13H14BrClN2O2/c1-2-16-5-6-17(13(19)12(16)18)8-9-3-4-10(14)7-11(9)15/h3-4,7H,2,5-6,8H2,1H3. The summed E-state index contributed by atoms with van der Waals surface area (Å²) in [5.41, 5.74) is 0.843. The summed E-state index contributed by atoms with van der Waals surface area (Å²) < 4.78 is 0.888. The summed E-state index contributed by atoms with van der Waals surface area (Å²) in [5, 5.41) is 0.590. The number of amides is 2. The Morgan fingerprint density at radius 3 is 2.47 bits per heavy atom. The van der Waals surface area contributed by atoms with Crippen LogP contribution in [0.5, 0.6) is 0 Å². The number of piperazine rings is 1. The molecule has 0 saturated carbocycles. The zero-order chi connectivity index (χ0) is 14.0. The van der Waals surface area contributed by atoms with Crippen LogP contribution in [-0.2, 0) is 16.1 Å². The molecule has 1 aromatic rings. The van der Waals surface area contributed by atoms with Gasteiger partial charge in [-0.25, -0.2) is 0 Å². The lowest BCUT2D eigenvalue weighted by Gasteiger charge is -2.33. The minimum Gasteiger partial charge on any atom is -0.333 e. The number of halogens is 2. The molecule has 0 unspecified atom stereocenters. The van der Waals surface area contributed by atoms with Gasteiger partial charge in [0.1, 0.15) is 0 Å². The number of hydrogen-bond acceptors (Lipinski definition) is 2. The fourth-order valence-electron chi connectivity index (χ4n) is 2.02. The summed E-state index contributed by atoms with van der Waals surface area (Å²) in [6.07, 6.45) is 0. The second-order valence-corrected chi connectivity index (χ2v) is 5.67. The van der Waals surface area contributed by atoms with E-state index in [1.165, 1.54) is 0 Å². The second-order valence-electron chi connectivity index (χ2n) is 4.35. The van der Waals surface area contributed by atoms with E-state index in [0.29, 0.717) is 31.2 Å². The van der Waals surface area contributed by atoms with Crippen LogP contribution in [-0.4, -0.2) is 41.2 Å². The van der Waals surface area contributed by atoms with Crippen molar-refractivity contribution in [2.24, 2.45) is 0 Å². The molecular weight excluding hydrogens is 332 g/mol. The van der Waals surface area contributed by atoms with E-state index < -0.39 is 11.8 Å². The lowest BCUT2D eigenvalue weighted by Crippen LogP contribution is -2.53. The fraction of sp³-hybridized carbons (Fsp3) is 0.385.